The van der Waals surface area contributed by atoms with Gasteiger partial charge in [-0.2, -0.15) is 5.10 Å². The Morgan fingerprint density at radius 3 is 2.50 bits per heavy atom. The van der Waals surface area contributed by atoms with Crippen LogP contribution >= 0.6 is 27.5 Å². The summed E-state index contributed by atoms with van der Waals surface area (Å²) in [6.07, 6.45) is 1.66. The molecular weight excluding hydrogens is 394 g/mol. The third-order valence-electron chi connectivity index (χ3n) is 2.96. The zero-order chi connectivity index (χ0) is 17.4. The number of amides is 2. The van der Waals surface area contributed by atoms with E-state index in [9.17, 15) is 9.59 Å². The largest absolute Gasteiger partial charge is 0.326 e. The Hall–Kier alpha value is -2.18. The van der Waals surface area contributed by atoms with E-state index in [1.807, 2.05) is 24.3 Å². The topological polar surface area (TPSA) is 70.6 Å². The average Bonchev–Trinajstić information content (AvgIpc) is 2.55. The molecule has 0 saturated heterocycles. The Morgan fingerprint density at radius 1 is 1.08 bits per heavy atom. The highest BCUT2D eigenvalue weighted by Gasteiger charge is 2.06. The van der Waals surface area contributed by atoms with Crippen LogP contribution in [-0.2, 0) is 9.59 Å². The first-order valence-corrected chi connectivity index (χ1v) is 8.33. The maximum Gasteiger partial charge on any atom is 0.240 e. The van der Waals surface area contributed by atoms with Crippen molar-refractivity contribution in [2.45, 2.75) is 12.8 Å². The Balaban J connectivity index is 1.72. The lowest BCUT2D eigenvalue weighted by Crippen LogP contribution is -2.20. The third-order valence-corrected chi connectivity index (χ3v) is 3.70. The summed E-state index contributed by atoms with van der Waals surface area (Å²) in [5.41, 5.74) is 3.88. The number of hydrogen-bond acceptors (Lipinski definition) is 3. The van der Waals surface area contributed by atoms with Crippen LogP contribution in [0.3, 0.4) is 0 Å². The third kappa shape index (κ3) is 6.52. The second-order valence-corrected chi connectivity index (χ2v) is 6.26. The molecule has 0 spiro atoms. The molecule has 24 heavy (non-hydrogen) atoms. The highest BCUT2D eigenvalue weighted by molar-refractivity contribution is 9.10. The summed E-state index contributed by atoms with van der Waals surface area (Å²) in [6.45, 7) is 0. The molecule has 0 saturated carbocycles. The quantitative estimate of drug-likeness (QED) is 0.561. The van der Waals surface area contributed by atoms with Crippen LogP contribution in [0.25, 0.3) is 0 Å². The molecule has 0 aliphatic rings. The van der Waals surface area contributed by atoms with Gasteiger partial charge >= 0.3 is 0 Å². The number of hydrogen-bond donors (Lipinski definition) is 2. The molecule has 2 aromatic carbocycles. The van der Waals surface area contributed by atoms with Crippen molar-refractivity contribution in [3.05, 3.63) is 63.6 Å². The average molecular weight is 409 g/mol. The molecule has 2 aromatic rings. The van der Waals surface area contributed by atoms with E-state index in [2.05, 4.69) is 31.8 Å². The van der Waals surface area contributed by atoms with Gasteiger partial charge in [-0.1, -0.05) is 39.7 Å². The van der Waals surface area contributed by atoms with Crippen molar-refractivity contribution in [1.29, 1.82) is 0 Å². The van der Waals surface area contributed by atoms with E-state index < -0.39 is 0 Å². The summed E-state index contributed by atoms with van der Waals surface area (Å²) < 4.78 is 0.927. The molecule has 0 aromatic heterocycles. The van der Waals surface area contributed by atoms with Crippen molar-refractivity contribution >= 4 is 51.2 Å². The predicted molar refractivity (Wildman–Crippen MR) is 99.2 cm³/mol. The van der Waals surface area contributed by atoms with Crippen molar-refractivity contribution in [3.8, 4) is 0 Å². The normalized spacial score (nSPS) is 10.6. The molecule has 0 aliphatic heterocycles. The van der Waals surface area contributed by atoms with Crippen molar-refractivity contribution in [1.82, 2.24) is 5.43 Å². The summed E-state index contributed by atoms with van der Waals surface area (Å²) in [4.78, 5) is 23.4. The van der Waals surface area contributed by atoms with Gasteiger partial charge in [-0.05, 0) is 42.0 Å². The fourth-order valence-electron chi connectivity index (χ4n) is 1.81. The molecular formula is C17H15BrClN3O2. The fraction of sp³-hybridized carbons (Fsp3) is 0.118. The molecule has 0 aliphatic carbocycles. The first-order valence-electron chi connectivity index (χ1n) is 7.16. The van der Waals surface area contributed by atoms with Crippen molar-refractivity contribution in [3.63, 3.8) is 0 Å². The van der Waals surface area contributed by atoms with Crippen LogP contribution in [0.2, 0.25) is 5.02 Å². The molecule has 0 bridgehead atoms. The predicted octanol–water partition coefficient (Wildman–Crippen LogP) is 3.97. The summed E-state index contributed by atoms with van der Waals surface area (Å²) in [6, 6.07) is 14.3. The van der Waals surface area contributed by atoms with E-state index in [4.69, 9.17) is 11.6 Å². The first-order chi connectivity index (χ1) is 11.5. The number of halogens is 2. The minimum Gasteiger partial charge on any atom is -0.326 e. The summed E-state index contributed by atoms with van der Waals surface area (Å²) in [5.74, 6) is -0.573. The lowest BCUT2D eigenvalue weighted by atomic mass is 10.2. The van der Waals surface area contributed by atoms with Crippen LogP contribution in [0.1, 0.15) is 18.4 Å². The Bertz CT molecular complexity index is 748. The number of hydrazone groups is 1. The highest BCUT2D eigenvalue weighted by Crippen LogP contribution is 2.13. The van der Waals surface area contributed by atoms with E-state index in [1.54, 1.807) is 24.3 Å². The van der Waals surface area contributed by atoms with Gasteiger partial charge in [0, 0.05) is 28.0 Å². The van der Waals surface area contributed by atoms with Crippen molar-refractivity contribution in [2.75, 3.05) is 5.32 Å². The van der Waals surface area contributed by atoms with Crippen LogP contribution in [0, 0.1) is 0 Å². The number of benzene rings is 2. The Morgan fingerprint density at radius 2 is 1.79 bits per heavy atom. The summed E-state index contributed by atoms with van der Waals surface area (Å²) in [7, 11) is 0. The second kappa shape index (κ2) is 9.20. The van der Waals surface area contributed by atoms with Gasteiger partial charge in [-0.15, -0.1) is 0 Å². The summed E-state index contributed by atoms with van der Waals surface area (Å²) >= 11 is 9.12. The Kier molecular flexibility index (Phi) is 6.96. The van der Waals surface area contributed by atoms with Gasteiger partial charge in [0.15, 0.2) is 0 Å². The number of rotatable bonds is 6. The molecule has 0 atom stereocenters. The minimum absolute atomic E-state index is 0.0508. The highest BCUT2D eigenvalue weighted by atomic mass is 79.9. The number of nitrogens with one attached hydrogen (secondary N) is 2. The van der Waals surface area contributed by atoms with Crippen LogP contribution in [0.5, 0.6) is 0 Å². The van der Waals surface area contributed by atoms with E-state index in [0.717, 1.165) is 10.0 Å². The second-order valence-electron chi connectivity index (χ2n) is 4.90. The van der Waals surface area contributed by atoms with Gasteiger partial charge in [0.05, 0.1) is 6.21 Å². The maximum atomic E-state index is 11.8. The molecule has 0 fully saturated rings. The number of carbonyl (C=O) groups excluding carboxylic acids is 2. The number of nitrogens with zero attached hydrogens (tertiary/aromatic N) is 1. The molecule has 2 rings (SSSR count). The van der Waals surface area contributed by atoms with Gasteiger partial charge in [0.2, 0.25) is 11.8 Å². The molecule has 2 amide bonds. The molecule has 124 valence electrons. The number of anilines is 1. The Labute approximate surface area is 153 Å². The standard InChI is InChI=1S/C17H15BrClN3O2/c18-13-3-1-2-12(10-13)11-20-22-17(24)9-8-16(23)21-15-6-4-14(19)5-7-15/h1-7,10-11H,8-9H2,(H,21,23)(H,22,24). The maximum absolute atomic E-state index is 11.8. The molecule has 5 nitrogen and oxygen atoms in total. The van der Waals surface area contributed by atoms with E-state index in [1.165, 1.54) is 6.21 Å². The van der Waals surface area contributed by atoms with Crippen LogP contribution in [-0.4, -0.2) is 18.0 Å². The van der Waals surface area contributed by atoms with Crippen LogP contribution < -0.4 is 10.7 Å². The summed E-state index contributed by atoms with van der Waals surface area (Å²) in [5, 5.41) is 7.15. The van der Waals surface area contributed by atoms with Gasteiger partial charge in [-0.3, -0.25) is 9.59 Å². The van der Waals surface area contributed by atoms with Gasteiger partial charge in [0.1, 0.15) is 0 Å². The fourth-order valence-corrected chi connectivity index (χ4v) is 2.35. The lowest BCUT2D eigenvalue weighted by Gasteiger charge is -2.04. The van der Waals surface area contributed by atoms with E-state index in [0.29, 0.717) is 10.7 Å². The monoisotopic (exact) mass is 407 g/mol. The lowest BCUT2D eigenvalue weighted by molar-refractivity contribution is -0.124. The molecule has 0 unspecified atom stereocenters. The molecule has 0 heterocycles. The van der Waals surface area contributed by atoms with E-state index in [-0.39, 0.29) is 24.7 Å². The molecule has 2 N–H and O–H groups in total. The molecule has 7 heteroatoms. The molecule has 0 radical (unpaired) electrons. The number of carbonyl (C=O) groups is 2. The van der Waals surface area contributed by atoms with Crippen molar-refractivity contribution in [2.24, 2.45) is 5.10 Å². The van der Waals surface area contributed by atoms with Crippen LogP contribution in [0.15, 0.2) is 58.1 Å². The van der Waals surface area contributed by atoms with Crippen LogP contribution in [0.4, 0.5) is 5.69 Å². The van der Waals surface area contributed by atoms with Gasteiger partial charge in [-0.25, -0.2) is 5.43 Å². The first kappa shape index (κ1) is 18.2. The zero-order valence-corrected chi connectivity index (χ0v) is 15.0. The minimum atomic E-state index is -0.326. The van der Waals surface area contributed by atoms with Gasteiger partial charge in [0.25, 0.3) is 0 Å². The van der Waals surface area contributed by atoms with Crippen molar-refractivity contribution < 1.29 is 9.59 Å². The van der Waals surface area contributed by atoms with Gasteiger partial charge < -0.3 is 5.32 Å². The smallest absolute Gasteiger partial charge is 0.240 e. The SMILES string of the molecule is O=C(CCC(=O)Nc1ccc(Cl)cc1)NN=Cc1cccc(Br)c1. The van der Waals surface area contributed by atoms with E-state index >= 15 is 0 Å². The zero-order valence-electron chi connectivity index (χ0n) is 12.6.